The summed E-state index contributed by atoms with van der Waals surface area (Å²) in [5.41, 5.74) is 1.11. The molecule has 2 saturated heterocycles. The standard InChI is InChI=1S/C19H28O9/c1-10-2-4-11(5-3-10)25-15-7-6-12(13(8-20)26-15)27-19-18(24)17(23)16(22)14(9-21)28-19/h2-5,12-24H,6-9H2,1H3/t12?,13-,14-,15+,16-,17+,18-,19+/m1/s1. The smallest absolute Gasteiger partial charge is 0.200 e. The Labute approximate surface area is 163 Å². The fourth-order valence-electron chi connectivity index (χ4n) is 3.36. The van der Waals surface area contributed by atoms with Crippen LogP contribution in [-0.4, -0.2) is 88.0 Å². The second-order valence-corrected chi connectivity index (χ2v) is 7.17. The molecule has 5 N–H and O–H groups in total. The lowest BCUT2D eigenvalue weighted by Crippen LogP contribution is -2.60. The first kappa shape index (κ1) is 21.4. The molecule has 2 aliphatic heterocycles. The van der Waals surface area contributed by atoms with Gasteiger partial charge in [0.1, 0.15) is 36.3 Å². The van der Waals surface area contributed by atoms with Gasteiger partial charge in [0.05, 0.1) is 19.3 Å². The van der Waals surface area contributed by atoms with Crippen molar-refractivity contribution in [2.75, 3.05) is 13.2 Å². The van der Waals surface area contributed by atoms with Gasteiger partial charge in [-0.25, -0.2) is 0 Å². The van der Waals surface area contributed by atoms with Crippen LogP contribution in [0.15, 0.2) is 24.3 Å². The summed E-state index contributed by atoms with van der Waals surface area (Å²) in [4.78, 5) is 0. The Bertz CT molecular complexity index is 608. The van der Waals surface area contributed by atoms with Crippen molar-refractivity contribution in [2.45, 2.75) is 69.0 Å². The van der Waals surface area contributed by atoms with Crippen molar-refractivity contribution < 1.29 is 44.5 Å². The van der Waals surface area contributed by atoms with E-state index in [4.69, 9.17) is 18.9 Å². The van der Waals surface area contributed by atoms with Crippen LogP contribution in [0.5, 0.6) is 5.75 Å². The van der Waals surface area contributed by atoms with Crippen molar-refractivity contribution in [1.29, 1.82) is 0 Å². The van der Waals surface area contributed by atoms with Gasteiger partial charge in [0.15, 0.2) is 12.6 Å². The molecule has 2 heterocycles. The fraction of sp³-hybridized carbons (Fsp3) is 0.684. The lowest BCUT2D eigenvalue weighted by molar-refractivity contribution is -0.329. The average molecular weight is 400 g/mol. The Morgan fingerprint density at radius 3 is 2.21 bits per heavy atom. The van der Waals surface area contributed by atoms with Gasteiger partial charge in [-0.1, -0.05) is 17.7 Å². The van der Waals surface area contributed by atoms with Crippen LogP contribution < -0.4 is 4.74 Å². The maximum atomic E-state index is 10.1. The molecule has 0 amide bonds. The van der Waals surface area contributed by atoms with Gasteiger partial charge in [-0.05, 0) is 25.5 Å². The summed E-state index contributed by atoms with van der Waals surface area (Å²) in [5.74, 6) is 0.653. The highest BCUT2D eigenvalue weighted by Crippen LogP contribution is 2.29. The average Bonchev–Trinajstić information content (AvgIpc) is 2.71. The van der Waals surface area contributed by atoms with Crippen molar-refractivity contribution in [1.82, 2.24) is 0 Å². The quantitative estimate of drug-likeness (QED) is 0.409. The zero-order valence-corrected chi connectivity index (χ0v) is 15.6. The number of aliphatic hydroxyl groups excluding tert-OH is 5. The molecule has 1 aromatic rings. The molecular formula is C19H28O9. The molecule has 9 heteroatoms. The lowest BCUT2D eigenvalue weighted by Gasteiger charge is -2.43. The van der Waals surface area contributed by atoms with Crippen LogP contribution in [0, 0.1) is 6.92 Å². The van der Waals surface area contributed by atoms with E-state index in [9.17, 15) is 25.5 Å². The largest absolute Gasteiger partial charge is 0.465 e. The first-order chi connectivity index (χ1) is 13.4. The maximum absolute atomic E-state index is 10.1. The Morgan fingerprint density at radius 1 is 0.893 bits per heavy atom. The molecule has 2 aliphatic rings. The molecule has 0 bridgehead atoms. The molecule has 0 aromatic heterocycles. The van der Waals surface area contributed by atoms with Crippen LogP contribution in [0.4, 0.5) is 0 Å². The second kappa shape index (κ2) is 9.47. The monoisotopic (exact) mass is 400 g/mol. The van der Waals surface area contributed by atoms with Crippen LogP contribution in [0.25, 0.3) is 0 Å². The maximum Gasteiger partial charge on any atom is 0.200 e. The van der Waals surface area contributed by atoms with Gasteiger partial charge in [0.25, 0.3) is 0 Å². The Hall–Kier alpha value is -1.30. The third-order valence-corrected chi connectivity index (χ3v) is 5.05. The predicted molar refractivity (Wildman–Crippen MR) is 95.4 cm³/mol. The molecule has 3 rings (SSSR count). The van der Waals surface area contributed by atoms with Crippen molar-refractivity contribution in [2.24, 2.45) is 0 Å². The van der Waals surface area contributed by atoms with E-state index in [1.165, 1.54) is 0 Å². The minimum atomic E-state index is -1.52. The Balaban J connectivity index is 1.58. The van der Waals surface area contributed by atoms with Crippen LogP contribution in [0.2, 0.25) is 0 Å². The summed E-state index contributed by atoms with van der Waals surface area (Å²) in [6.07, 6.45) is -7.78. The molecule has 2 fully saturated rings. The number of hydrogen-bond acceptors (Lipinski definition) is 9. The Kier molecular flexibility index (Phi) is 7.24. The summed E-state index contributed by atoms with van der Waals surface area (Å²) in [6.45, 7) is 1.10. The number of benzene rings is 1. The predicted octanol–water partition coefficient (Wildman–Crippen LogP) is -0.944. The zero-order chi connectivity index (χ0) is 20.3. The van der Waals surface area contributed by atoms with Crippen molar-refractivity contribution in [3.63, 3.8) is 0 Å². The number of aryl methyl sites for hydroxylation is 1. The third kappa shape index (κ3) is 4.81. The summed E-state index contributed by atoms with van der Waals surface area (Å²) in [5, 5.41) is 48.8. The van der Waals surface area contributed by atoms with Gasteiger partial charge in [0, 0.05) is 6.42 Å². The van der Waals surface area contributed by atoms with E-state index in [1.54, 1.807) is 0 Å². The normalized spacial score (nSPS) is 38.9. The van der Waals surface area contributed by atoms with E-state index in [2.05, 4.69) is 0 Å². The summed E-state index contributed by atoms with van der Waals surface area (Å²) in [6, 6.07) is 7.52. The number of hydrogen-bond donors (Lipinski definition) is 5. The molecule has 1 unspecified atom stereocenters. The highest BCUT2D eigenvalue weighted by molar-refractivity contribution is 5.26. The van der Waals surface area contributed by atoms with Crippen LogP contribution >= 0.6 is 0 Å². The lowest BCUT2D eigenvalue weighted by atomic mass is 9.99. The molecule has 9 nitrogen and oxygen atoms in total. The van der Waals surface area contributed by atoms with Gasteiger partial charge < -0.3 is 44.5 Å². The van der Waals surface area contributed by atoms with Gasteiger partial charge in [0.2, 0.25) is 0 Å². The van der Waals surface area contributed by atoms with Crippen molar-refractivity contribution in [3.05, 3.63) is 29.8 Å². The van der Waals surface area contributed by atoms with Crippen LogP contribution in [0.3, 0.4) is 0 Å². The van der Waals surface area contributed by atoms with Crippen LogP contribution in [0.1, 0.15) is 18.4 Å². The summed E-state index contributed by atoms with van der Waals surface area (Å²) < 4.78 is 22.6. The Morgan fingerprint density at radius 2 is 1.57 bits per heavy atom. The molecule has 0 radical (unpaired) electrons. The van der Waals surface area contributed by atoms with Gasteiger partial charge in [-0.2, -0.15) is 0 Å². The first-order valence-corrected chi connectivity index (χ1v) is 9.38. The summed E-state index contributed by atoms with van der Waals surface area (Å²) in [7, 11) is 0. The minimum absolute atomic E-state index is 0.337. The highest BCUT2D eigenvalue weighted by atomic mass is 16.7. The molecule has 0 aliphatic carbocycles. The van der Waals surface area contributed by atoms with E-state index >= 15 is 0 Å². The van der Waals surface area contributed by atoms with Gasteiger partial charge in [-0.15, -0.1) is 0 Å². The number of aliphatic hydroxyl groups is 5. The number of ether oxygens (including phenoxy) is 4. The van der Waals surface area contributed by atoms with E-state index in [0.717, 1.165) is 5.56 Å². The van der Waals surface area contributed by atoms with E-state index in [1.807, 2.05) is 31.2 Å². The van der Waals surface area contributed by atoms with Crippen molar-refractivity contribution in [3.8, 4) is 5.75 Å². The molecule has 28 heavy (non-hydrogen) atoms. The number of rotatable bonds is 6. The molecule has 0 saturated carbocycles. The zero-order valence-electron chi connectivity index (χ0n) is 15.6. The van der Waals surface area contributed by atoms with E-state index in [-0.39, 0.29) is 6.61 Å². The SMILES string of the molecule is Cc1ccc(O[C@@H]2CCC(O[C@H]3O[C@H](CO)[C@@H](O)[C@H](O)[C@H]3O)[C@@H](CO)O2)cc1. The third-order valence-electron chi connectivity index (χ3n) is 5.05. The second-order valence-electron chi connectivity index (χ2n) is 7.17. The molecular weight excluding hydrogens is 372 g/mol. The first-order valence-electron chi connectivity index (χ1n) is 9.38. The van der Waals surface area contributed by atoms with Gasteiger partial charge >= 0.3 is 0 Å². The fourth-order valence-corrected chi connectivity index (χ4v) is 3.36. The van der Waals surface area contributed by atoms with Crippen LogP contribution in [-0.2, 0) is 14.2 Å². The topological polar surface area (TPSA) is 138 Å². The molecule has 0 spiro atoms. The summed E-state index contributed by atoms with van der Waals surface area (Å²) >= 11 is 0. The van der Waals surface area contributed by atoms with Crippen molar-refractivity contribution >= 4 is 0 Å². The molecule has 8 atom stereocenters. The van der Waals surface area contributed by atoms with E-state index in [0.29, 0.717) is 18.6 Å². The highest BCUT2D eigenvalue weighted by Gasteiger charge is 2.46. The van der Waals surface area contributed by atoms with E-state index < -0.39 is 55.8 Å². The minimum Gasteiger partial charge on any atom is -0.465 e. The molecule has 1 aromatic carbocycles. The van der Waals surface area contributed by atoms with Gasteiger partial charge in [-0.3, -0.25) is 0 Å². The molecule has 158 valence electrons.